The number of aryl methyl sites for hydroxylation is 2. The van der Waals surface area contributed by atoms with Gasteiger partial charge in [-0.3, -0.25) is 20.4 Å². The summed E-state index contributed by atoms with van der Waals surface area (Å²) in [6, 6.07) is 10.6. The molecule has 7 heteroatoms. The van der Waals surface area contributed by atoms with Crippen molar-refractivity contribution in [1.82, 2.24) is 10.9 Å². The van der Waals surface area contributed by atoms with Gasteiger partial charge in [-0.1, -0.05) is 25.0 Å². The van der Waals surface area contributed by atoms with Gasteiger partial charge in [0.15, 0.2) is 6.61 Å². The lowest BCUT2D eigenvalue weighted by Gasteiger charge is -2.09. The van der Waals surface area contributed by atoms with E-state index in [1.165, 1.54) is 34.6 Å². The topological polar surface area (TPSA) is 91.2 Å². The Balaban J connectivity index is 1.51. The summed E-state index contributed by atoms with van der Waals surface area (Å²) in [5.41, 5.74) is 6.39. The van der Waals surface area contributed by atoms with Crippen LogP contribution in [0.5, 0.6) is 5.75 Å². The van der Waals surface area contributed by atoms with Crippen LogP contribution in [0.25, 0.3) is 0 Å². The molecule has 3 rings (SSSR count). The van der Waals surface area contributed by atoms with Gasteiger partial charge in [-0.25, -0.2) is 0 Å². The van der Waals surface area contributed by atoms with Crippen molar-refractivity contribution in [3.05, 3.63) is 51.2 Å². The number of nitrogens with one attached hydrogen (secondary N) is 2. The number of para-hydroxylation sites is 1. The Hall–Kier alpha value is -2.85. The lowest BCUT2D eigenvalue weighted by atomic mass is 10.00. The Kier molecular flexibility index (Phi) is 6.44. The Morgan fingerprint density at radius 1 is 1.11 bits per heavy atom. The molecule has 0 unspecified atom stereocenters. The maximum absolute atomic E-state index is 12.3. The first kappa shape index (κ1) is 18.9. The number of thiophene rings is 1. The molecule has 6 nitrogen and oxygen atoms in total. The minimum atomic E-state index is -0.494. The number of benzene rings is 1. The molecule has 0 fully saturated rings. The number of amides is 2. The largest absolute Gasteiger partial charge is 0.482 e. The highest BCUT2D eigenvalue weighted by molar-refractivity contribution is 7.14. The zero-order valence-electron chi connectivity index (χ0n) is 14.9. The molecule has 2 amide bonds. The van der Waals surface area contributed by atoms with E-state index in [2.05, 4.69) is 10.9 Å². The zero-order chi connectivity index (χ0) is 19.1. The second-order valence-electron chi connectivity index (χ2n) is 6.37. The lowest BCUT2D eigenvalue weighted by molar-refractivity contribution is -0.123. The van der Waals surface area contributed by atoms with Gasteiger partial charge in [0.2, 0.25) is 0 Å². The van der Waals surface area contributed by atoms with Crippen LogP contribution in [0.1, 0.15) is 51.4 Å². The fourth-order valence-electron chi connectivity index (χ4n) is 3.01. The van der Waals surface area contributed by atoms with E-state index in [9.17, 15) is 9.59 Å². The number of carbonyl (C=O) groups is 2. The van der Waals surface area contributed by atoms with Crippen molar-refractivity contribution in [2.75, 3.05) is 6.61 Å². The molecular weight excluding hydrogens is 362 g/mol. The molecule has 1 aromatic carbocycles. The predicted molar refractivity (Wildman–Crippen MR) is 102 cm³/mol. The molecule has 1 aliphatic rings. The fourth-order valence-corrected chi connectivity index (χ4v) is 4.16. The monoisotopic (exact) mass is 383 g/mol. The molecule has 0 saturated heterocycles. The summed E-state index contributed by atoms with van der Waals surface area (Å²) in [6.07, 6.45) is 6.82. The summed E-state index contributed by atoms with van der Waals surface area (Å²) in [6.45, 7) is -0.292. The maximum Gasteiger partial charge on any atom is 0.279 e. The maximum atomic E-state index is 12.3. The number of nitriles is 1. The Labute approximate surface area is 162 Å². The second kappa shape index (κ2) is 9.19. The average Bonchev–Trinajstić information content (AvgIpc) is 3.06. The van der Waals surface area contributed by atoms with Crippen LogP contribution in [0.3, 0.4) is 0 Å². The number of nitrogens with zero attached hydrogens (tertiary/aromatic N) is 1. The minimum Gasteiger partial charge on any atom is -0.482 e. The summed E-state index contributed by atoms with van der Waals surface area (Å²) in [4.78, 5) is 26.1. The second-order valence-corrected chi connectivity index (χ2v) is 7.51. The van der Waals surface area contributed by atoms with Crippen molar-refractivity contribution in [3.63, 3.8) is 0 Å². The van der Waals surface area contributed by atoms with Crippen LogP contribution in [-0.2, 0) is 17.6 Å². The predicted octanol–water partition coefficient (Wildman–Crippen LogP) is 3.12. The van der Waals surface area contributed by atoms with Gasteiger partial charge in [0.05, 0.1) is 10.4 Å². The number of fused-ring (bicyclic) bond motifs is 1. The quantitative estimate of drug-likeness (QED) is 0.794. The number of rotatable bonds is 4. The molecule has 1 aromatic heterocycles. The molecule has 1 heterocycles. The van der Waals surface area contributed by atoms with E-state index in [1.54, 1.807) is 24.3 Å². The van der Waals surface area contributed by atoms with Crippen LogP contribution in [0.4, 0.5) is 0 Å². The molecular formula is C20H21N3O3S. The van der Waals surface area contributed by atoms with Crippen molar-refractivity contribution in [3.8, 4) is 11.8 Å². The van der Waals surface area contributed by atoms with E-state index < -0.39 is 5.91 Å². The van der Waals surface area contributed by atoms with Crippen LogP contribution in [0.15, 0.2) is 30.3 Å². The lowest BCUT2D eigenvalue weighted by Crippen LogP contribution is -2.43. The first-order chi connectivity index (χ1) is 13.2. The van der Waals surface area contributed by atoms with E-state index in [0.29, 0.717) is 16.2 Å². The molecule has 0 spiro atoms. The van der Waals surface area contributed by atoms with Crippen LogP contribution >= 0.6 is 11.3 Å². The fraction of sp³-hybridized carbons (Fsp3) is 0.350. The van der Waals surface area contributed by atoms with Gasteiger partial charge in [0, 0.05) is 4.88 Å². The van der Waals surface area contributed by atoms with Gasteiger partial charge >= 0.3 is 0 Å². The van der Waals surface area contributed by atoms with Gasteiger partial charge < -0.3 is 4.74 Å². The van der Waals surface area contributed by atoms with Crippen molar-refractivity contribution in [1.29, 1.82) is 5.26 Å². The number of hydrogen-bond acceptors (Lipinski definition) is 5. The third-order valence-corrected chi connectivity index (χ3v) is 5.64. The van der Waals surface area contributed by atoms with Crippen molar-refractivity contribution in [2.45, 2.75) is 38.5 Å². The summed E-state index contributed by atoms with van der Waals surface area (Å²) in [5, 5.41) is 9.00. The highest BCUT2D eigenvalue weighted by Gasteiger charge is 2.16. The Morgan fingerprint density at radius 3 is 2.70 bits per heavy atom. The Bertz CT molecular complexity index is 844. The van der Waals surface area contributed by atoms with Gasteiger partial charge in [-0.2, -0.15) is 5.26 Å². The van der Waals surface area contributed by atoms with Crippen molar-refractivity contribution < 1.29 is 14.3 Å². The van der Waals surface area contributed by atoms with Gasteiger partial charge in [-0.05, 0) is 49.4 Å². The summed E-state index contributed by atoms with van der Waals surface area (Å²) >= 11 is 1.50. The molecule has 1 aliphatic carbocycles. The Morgan fingerprint density at radius 2 is 1.89 bits per heavy atom. The smallest absolute Gasteiger partial charge is 0.279 e. The van der Waals surface area contributed by atoms with E-state index >= 15 is 0 Å². The van der Waals surface area contributed by atoms with Gasteiger partial charge in [-0.15, -0.1) is 11.3 Å². The van der Waals surface area contributed by atoms with Crippen LogP contribution in [0.2, 0.25) is 0 Å². The molecule has 0 atom stereocenters. The minimum absolute atomic E-state index is 0.292. The zero-order valence-corrected chi connectivity index (χ0v) is 15.7. The van der Waals surface area contributed by atoms with Crippen LogP contribution < -0.4 is 15.6 Å². The number of hydrogen-bond donors (Lipinski definition) is 2. The standard InChI is InChI=1S/C20H21N3O3S/c21-12-15-8-5-6-9-16(15)26-13-19(24)22-23-20(25)18-11-14-7-3-1-2-4-10-17(14)27-18/h5-6,8-9,11H,1-4,7,10,13H2,(H,22,24)(H,23,25). The van der Waals surface area contributed by atoms with Crippen molar-refractivity contribution in [2.24, 2.45) is 0 Å². The van der Waals surface area contributed by atoms with E-state index in [4.69, 9.17) is 10.00 Å². The molecule has 0 radical (unpaired) electrons. The molecule has 27 heavy (non-hydrogen) atoms. The van der Waals surface area contributed by atoms with Gasteiger partial charge in [0.1, 0.15) is 11.8 Å². The average molecular weight is 383 g/mol. The highest BCUT2D eigenvalue weighted by Crippen LogP contribution is 2.28. The SMILES string of the molecule is N#Cc1ccccc1OCC(=O)NNC(=O)c1cc2c(s1)CCCCCC2. The summed E-state index contributed by atoms with van der Waals surface area (Å²) in [7, 11) is 0. The highest BCUT2D eigenvalue weighted by atomic mass is 32.1. The van der Waals surface area contributed by atoms with E-state index in [-0.39, 0.29) is 12.5 Å². The third-order valence-electron chi connectivity index (χ3n) is 4.40. The normalized spacial score (nSPS) is 13.4. The van der Waals surface area contributed by atoms with E-state index in [1.807, 2.05) is 12.1 Å². The molecule has 0 aliphatic heterocycles. The van der Waals surface area contributed by atoms with Gasteiger partial charge in [0.25, 0.3) is 11.8 Å². The molecule has 2 aromatic rings. The molecule has 140 valence electrons. The first-order valence-corrected chi connectivity index (χ1v) is 9.81. The van der Waals surface area contributed by atoms with Crippen LogP contribution in [0, 0.1) is 11.3 Å². The molecule has 2 N–H and O–H groups in total. The number of ether oxygens (including phenoxy) is 1. The molecule has 0 saturated carbocycles. The van der Waals surface area contributed by atoms with E-state index in [0.717, 1.165) is 25.7 Å². The first-order valence-electron chi connectivity index (χ1n) is 9.00. The number of carbonyl (C=O) groups excluding carboxylic acids is 2. The summed E-state index contributed by atoms with van der Waals surface area (Å²) < 4.78 is 5.34. The molecule has 0 bridgehead atoms. The number of hydrazine groups is 1. The van der Waals surface area contributed by atoms with Crippen LogP contribution in [-0.4, -0.2) is 18.4 Å². The summed E-state index contributed by atoms with van der Waals surface area (Å²) in [5.74, 6) is -0.483. The third kappa shape index (κ3) is 5.08. The van der Waals surface area contributed by atoms with Crippen molar-refractivity contribution >= 4 is 23.2 Å².